The van der Waals surface area contributed by atoms with E-state index in [1.807, 2.05) is 11.8 Å². The second-order valence-corrected chi connectivity index (χ2v) is 6.39. The first-order valence-electron chi connectivity index (χ1n) is 8.46. The largest absolute Gasteiger partial charge is 0.342 e. The van der Waals surface area contributed by atoms with Crippen molar-refractivity contribution < 1.29 is 9.59 Å². The number of carbonyl (C=O) groups excluding carboxylic acids is 2. The summed E-state index contributed by atoms with van der Waals surface area (Å²) in [7, 11) is 1.79. The minimum absolute atomic E-state index is 0.189. The molecule has 0 spiro atoms. The molecule has 3 amide bonds. The fourth-order valence-electron chi connectivity index (χ4n) is 3.06. The molecule has 0 aromatic carbocycles. The minimum Gasteiger partial charge on any atom is -0.342 e. The van der Waals surface area contributed by atoms with Gasteiger partial charge < -0.3 is 9.80 Å². The van der Waals surface area contributed by atoms with E-state index in [-0.39, 0.29) is 11.9 Å². The van der Waals surface area contributed by atoms with Crippen molar-refractivity contribution >= 4 is 17.9 Å². The number of amides is 3. The molecule has 0 atom stereocenters. The van der Waals surface area contributed by atoms with Gasteiger partial charge in [-0.1, -0.05) is 0 Å². The van der Waals surface area contributed by atoms with Gasteiger partial charge in [-0.2, -0.15) is 4.98 Å². The topological polar surface area (TPSA) is 86.6 Å². The number of aryl methyl sites for hydroxylation is 2. The van der Waals surface area contributed by atoms with Crippen LogP contribution in [0.15, 0.2) is 0 Å². The maximum absolute atomic E-state index is 12.3. The first kappa shape index (κ1) is 16.7. The van der Waals surface area contributed by atoms with Gasteiger partial charge in [0, 0.05) is 46.3 Å². The van der Waals surface area contributed by atoms with E-state index in [0.717, 1.165) is 31.8 Å². The molecule has 9 nitrogen and oxygen atoms in total. The third-order valence-corrected chi connectivity index (χ3v) is 4.68. The third kappa shape index (κ3) is 3.84. The second-order valence-electron chi connectivity index (χ2n) is 6.39. The Morgan fingerprint density at radius 1 is 1.04 bits per heavy atom. The van der Waals surface area contributed by atoms with Crippen molar-refractivity contribution in [3.8, 4) is 0 Å². The van der Waals surface area contributed by atoms with Crippen LogP contribution in [-0.4, -0.2) is 87.2 Å². The van der Waals surface area contributed by atoms with Crippen molar-refractivity contribution in [3.05, 3.63) is 5.82 Å². The lowest BCUT2D eigenvalue weighted by molar-refractivity contribution is -0.131. The first-order valence-corrected chi connectivity index (χ1v) is 8.46. The van der Waals surface area contributed by atoms with Crippen LogP contribution in [0.1, 0.15) is 18.7 Å². The van der Waals surface area contributed by atoms with Crippen molar-refractivity contribution in [1.29, 1.82) is 0 Å². The zero-order valence-corrected chi connectivity index (χ0v) is 14.4. The van der Waals surface area contributed by atoms with Gasteiger partial charge in [0.1, 0.15) is 5.82 Å². The zero-order valence-electron chi connectivity index (χ0n) is 14.4. The lowest BCUT2D eigenvalue weighted by Gasteiger charge is -2.34. The number of nitrogens with zero attached hydrogens (tertiary/aromatic N) is 6. The van der Waals surface area contributed by atoms with E-state index >= 15 is 0 Å². The van der Waals surface area contributed by atoms with Crippen molar-refractivity contribution in [2.75, 3.05) is 51.1 Å². The van der Waals surface area contributed by atoms with Gasteiger partial charge in [-0.15, -0.1) is 5.10 Å². The molecule has 2 saturated heterocycles. The Labute approximate surface area is 141 Å². The standard InChI is InChI=1S/C15H25N7O2/c1-12-16-14(18-19(12)2)17-15(24)22-9-7-20(8-10-22)11-13(23)21-5-3-4-6-21/h3-11H2,1-2H3,(H,17,18,24). The lowest BCUT2D eigenvalue weighted by atomic mass is 10.3. The normalized spacial score (nSPS) is 18.9. The fraction of sp³-hybridized carbons (Fsp3) is 0.733. The second kappa shape index (κ2) is 7.16. The van der Waals surface area contributed by atoms with Crippen LogP contribution in [0.2, 0.25) is 0 Å². The van der Waals surface area contributed by atoms with Crippen LogP contribution in [-0.2, 0) is 11.8 Å². The molecule has 9 heteroatoms. The predicted molar refractivity (Wildman–Crippen MR) is 88.6 cm³/mol. The van der Waals surface area contributed by atoms with Gasteiger partial charge in [0.15, 0.2) is 0 Å². The van der Waals surface area contributed by atoms with Gasteiger partial charge in [0.05, 0.1) is 6.54 Å². The molecule has 2 aliphatic rings. The van der Waals surface area contributed by atoms with Crippen LogP contribution in [0.4, 0.5) is 10.7 Å². The molecule has 3 heterocycles. The maximum atomic E-state index is 12.3. The summed E-state index contributed by atoms with van der Waals surface area (Å²) >= 11 is 0. The Morgan fingerprint density at radius 3 is 2.29 bits per heavy atom. The predicted octanol–water partition coefficient (Wildman–Crippen LogP) is -0.105. The molecular weight excluding hydrogens is 310 g/mol. The number of anilines is 1. The van der Waals surface area contributed by atoms with E-state index in [0.29, 0.717) is 38.7 Å². The number of nitrogens with one attached hydrogen (secondary N) is 1. The van der Waals surface area contributed by atoms with Crippen LogP contribution in [0.25, 0.3) is 0 Å². The highest BCUT2D eigenvalue weighted by Gasteiger charge is 2.25. The molecule has 24 heavy (non-hydrogen) atoms. The monoisotopic (exact) mass is 335 g/mol. The van der Waals surface area contributed by atoms with Crippen LogP contribution in [0.3, 0.4) is 0 Å². The van der Waals surface area contributed by atoms with Crippen molar-refractivity contribution in [3.63, 3.8) is 0 Å². The molecule has 2 aliphatic heterocycles. The average Bonchev–Trinajstić information content (AvgIpc) is 3.19. The Balaban J connectivity index is 1.44. The molecule has 0 aliphatic carbocycles. The minimum atomic E-state index is -0.189. The zero-order chi connectivity index (χ0) is 17.1. The van der Waals surface area contributed by atoms with Crippen molar-refractivity contribution in [1.82, 2.24) is 29.5 Å². The van der Waals surface area contributed by atoms with Crippen LogP contribution < -0.4 is 5.32 Å². The van der Waals surface area contributed by atoms with Crippen molar-refractivity contribution in [2.24, 2.45) is 7.05 Å². The van der Waals surface area contributed by atoms with E-state index in [2.05, 4.69) is 20.3 Å². The number of carbonyl (C=O) groups is 2. The summed E-state index contributed by atoms with van der Waals surface area (Å²) in [6.45, 7) is 6.68. The maximum Gasteiger partial charge on any atom is 0.324 e. The first-order chi connectivity index (χ1) is 11.5. The van der Waals surface area contributed by atoms with E-state index in [9.17, 15) is 9.59 Å². The number of hydrogen-bond donors (Lipinski definition) is 1. The summed E-state index contributed by atoms with van der Waals surface area (Å²) in [5, 5.41) is 6.85. The van der Waals surface area contributed by atoms with Gasteiger partial charge in [0.2, 0.25) is 11.9 Å². The van der Waals surface area contributed by atoms with Gasteiger partial charge in [-0.05, 0) is 19.8 Å². The third-order valence-electron chi connectivity index (χ3n) is 4.68. The molecular formula is C15H25N7O2. The van der Waals surface area contributed by atoms with E-state index in [1.54, 1.807) is 16.6 Å². The summed E-state index contributed by atoms with van der Waals surface area (Å²) in [5.74, 6) is 1.28. The summed E-state index contributed by atoms with van der Waals surface area (Å²) in [4.78, 5) is 34.4. The summed E-state index contributed by atoms with van der Waals surface area (Å²) in [6.07, 6.45) is 2.22. The molecule has 3 rings (SSSR count). The van der Waals surface area contributed by atoms with E-state index < -0.39 is 0 Å². The van der Waals surface area contributed by atoms with Crippen LogP contribution in [0, 0.1) is 6.92 Å². The number of rotatable bonds is 3. The van der Waals surface area contributed by atoms with Crippen LogP contribution in [0.5, 0.6) is 0 Å². The van der Waals surface area contributed by atoms with Crippen LogP contribution >= 0.6 is 0 Å². The number of piperazine rings is 1. The molecule has 0 bridgehead atoms. The highest BCUT2D eigenvalue weighted by atomic mass is 16.2. The van der Waals surface area contributed by atoms with Gasteiger partial charge in [0.25, 0.3) is 0 Å². The molecule has 132 valence electrons. The summed E-state index contributed by atoms with van der Waals surface area (Å²) in [6, 6.07) is -0.189. The quantitative estimate of drug-likeness (QED) is 0.833. The van der Waals surface area contributed by atoms with E-state index in [1.165, 1.54) is 0 Å². The molecule has 1 aromatic rings. The van der Waals surface area contributed by atoms with Crippen molar-refractivity contribution in [2.45, 2.75) is 19.8 Å². The Morgan fingerprint density at radius 2 is 1.71 bits per heavy atom. The SMILES string of the molecule is Cc1nc(NC(=O)N2CCN(CC(=O)N3CCCC3)CC2)nn1C. The molecule has 1 N–H and O–H groups in total. The molecule has 0 unspecified atom stereocenters. The number of likely N-dealkylation sites (tertiary alicyclic amines) is 1. The van der Waals surface area contributed by atoms with E-state index in [4.69, 9.17) is 0 Å². The Bertz CT molecular complexity index is 581. The fourth-order valence-corrected chi connectivity index (χ4v) is 3.06. The lowest BCUT2D eigenvalue weighted by Crippen LogP contribution is -2.52. The van der Waals surface area contributed by atoms with Gasteiger partial charge >= 0.3 is 6.03 Å². The Kier molecular flexibility index (Phi) is 4.98. The Hall–Kier alpha value is -2.16. The summed E-state index contributed by atoms with van der Waals surface area (Å²) < 4.78 is 1.62. The molecule has 2 fully saturated rings. The van der Waals surface area contributed by atoms with Gasteiger partial charge in [-0.25, -0.2) is 4.79 Å². The molecule has 0 radical (unpaired) electrons. The number of urea groups is 1. The number of hydrogen-bond acceptors (Lipinski definition) is 5. The molecule has 0 saturated carbocycles. The average molecular weight is 335 g/mol. The smallest absolute Gasteiger partial charge is 0.324 e. The number of aromatic nitrogens is 3. The van der Waals surface area contributed by atoms with Gasteiger partial charge in [-0.3, -0.25) is 19.7 Å². The molecule has 1 aromatic heterocycles. The highest BCUT2D eigenvalue weighted by Crippen LogP contribution is 2.10. The summed E-state index contributed by atoms with van der Waals surface area (Å²) in [5.41, 5.74) is 0. The highest BCUT2D eigenvalue weighted by molar-refractivity contribution is 5.87.